The third-order valence-corrected chi connectivity index (χ3v) is 3.86. The normalized spacial score (nSPS) is 13.3. The predicted molar refractivity (Wildman–Crippen MR) is 88.1 cm³/mol. The first-order chi connectivity index (χ1) is 10.3. The van der Waals surface area contributed by atoms with Crippen LogP contribution in [0.1, 0.15) is 32.3 Å². The number of hydrogen-bond donors (Lipinski definition) is 2. The van der Waals surface area contributed by atoms with Crippen molar-refractivity contribution in [2.45, 2.75) is 39.2 Å². The van der Waals surface area contributed by atoms with Gasteiger partial charge in [-0.2, -0.15) is 0 Å². The van der Waals surface area contributed by atoms with Crippen LogP contribution in [0.15, 0.2) is 24.3 Å². The minimum absolute atomic E-state index is 0.0847. The van der Waals surface area contributed by atoms with E-state index in [9.17, 15) is 14.7 Å². The molecule has 2 atom stereocenters. The van der Waals surface area contributed by atoms with E-state index in [2.05, 4.69) is 5.32 Å². The molecule has 0 saturated heterocycles. The number of aliphatic carboxylic acids is 1. The average Bonchev–Trinajstić information content (AvgIpc) is 2.49. The van der Waals surface area contributed by atoms with Gasteiger partial charge < -0.3 is 15.3 Å². The zero-order chi connectivity index (χ0) is 16.7. The van der Waals surface area contributed by atoms with Crippen LogP contribution in [0.2, 0.25) is 0 Å². The number of aryl methyl sites for hydroxylation is 1. The summed E-state index contributed by atoms with van der Waals surface area (Å²) in [6.07, 6.45) is 1.60. The average molecular weight is 306 g/mol. The zero-order valence-corrected chi connectivity index (χ0v) is 13.8. The monoisotopic (exact) mass is 306 g/mol. The summed E-state index contributed by atoms with van der Waals surface area (Å²) in [5, 5.41) is 11.8. The summed E-state index contributed by atoms with van der Waals surface area (Å²) in [5.41, 5.74) is 2.15. The molecule has 0 saturated carbocycles. The van der Waals surface area contributed by atoms with Crippen LogP contribution in [0.4, 0.5) is 5.69 Å². The molecule has 1 aromatic rings. The molecule has 0 radical (unpaired) electrons. The lowest BCUT2D eigenvalue weighted by Gasteiger charge is -2.20. The highest BCUT2D eigenvalue weighted by Gasteiger charge is 2.24. The standard InChI is InChI=1S/C17H26N2O3/c1-5-12(2)16(17(21)22)18-15(20)10-9-13-7-6-8-14(11-13)19(3)4/h6-8,11-12,16H,5,9-10H2,1-4H3,(H,18,20)(H,21,22)/t12-,16-/m0/s1. The molecule has 0 bridgehead atoms. The first-order valence-electron chi connectivity index (χ1n) is 7.63. The molecule has 5 heteroatoms. The molecule has 0 fully saturated rings. The van der Waals surface area contributed by atoms with E-state index < -0.39 is 12.0 Å². The highest BCUT2D eigenvalue weighted by atomic mass is 16.4. The summed E-state index contributed by atoms with van der Waals surface area (Å²) < 4.78 is 0. The molecule has 0 aliphatic rings. The minimum atomic E-state index is -0.975. The van der Waals surface area contributed by atoms with Gasteiger partial charge in [-0.3, -0.25) is 4.79 Å². The van der Waals surface area contributed by atoms with Gasteiger partial charge in [0.2, 0.25) is 5.91 Å². The van der Waals surface area contributed by atoms with Gasteiger partial charge in [0.25, 0.3) is 0 Å². The van der Waals surface area contributed by atoms with E-state index in [0.29, 0.717) is 12.8 Å². The van der Waals surface area contributed by atoms with Crippen molar-refractivity contribution in [1.29, 1.82) is 0 Å². The van der Waals surface area contributed by atoms with E-state index in [0.717, 1.165) is 11.3 Å². The Hall–Kier alpha value is -2.04. The molecule has 2 N–H and O–H groups in total. The van der Waals surface area contributed by atoms with Gasteiger partial charge in [-0.25, -0.2) is 4.79 Å². The molecule has 1 rings (SSSR count). The van der Waals surface area contributed by atoms with Crippen LogP contribution in [-0.2, 0) is 16.0 Å². The van der Waals surface area contributed by atoms with Gasteiger partial charge in [-0.15, -0.1) is 0 Å². The van der Waals surface area contributed by atoms with Gasteiger partial charge >= 0.3 is 5.97 Å². The highest BCUT2D eigenvalue weighted by Crippen LogP contribution is 2.15. The quantitative estimate of drug-likeness (QED) is 0.773. The maximum atomic E-state index is 12.0. The number of hydrogen-bond acceptors (Lipinski definition) is 3. The van der Waals surface area contributed by atoms with Crippen LogP contribution in [0.3, 0.4) is 0 Å². The first kappa shape index (κ1) is 18.0. The summed E-state index contributed by atoms with van der Waals surface area (Å²) in [5.74, 6) is -1.28. The fourth-order valence-electron chi connectivity index (χ4n) is 2.18. The maximum absolute atomic E-state index is 12.0. The molecule has 0 aliphatic carbocycles. The smallest absolute Gasteiger partial charge is 0.326 e. The maximum Gasteiger partial charge on any atom is 0.326 e. The lowest BCUT2D eigenvalue weighted by atomic mass is 9.99. The molecule has 0 aromatic heterocycles. The largest absolute Gasteiger partial charge is 0.480 e. The fraction of sp³-hybridized carbons (Fsp3) is 0.529. The molecule has 122 valence electrons. The number of carboxylic acids is 1. The van der Waals surface area contributed by atoms with Crippen LogP contribution in [0.5, 0.6) is 0 Å². The van der Waals surface area contributed by atoms with Gasteiger partial charge in [0.1, 0.15) is 6.04 Å². The van der Waals surface area contributed by atoms with Crippen LogP contribution in [0.25, 0.3) is 0 Å². The van der Waals surface area contributed by atoms with E-state index in [1.165, 1.54) is 0 Å². The Labute approximate surface area is 132 Å². The zero-order valence-electron chi connectivity index (χ0n) is 13.8. The molecule has 0 spiro atoms. The molecule has 22 heavy (non-hydrogen) atoms. The van der Waals surface area contributed by atoms with E-state index in [1.807, 2.05) is 57.1 Å². The summed E-state index contributed by atoms with van der Waals surface area (Å²) in [6, 6.07) is 7.17. The highest BCUT2D eigenvalue weighted by molar-refractivity contribution is 5.83. The molecular formula is C17H26N2O3. The van der Waals surface area contributed by atoms with Crippen molar-refractivity contribution in [1.82, 2.24) is 5.32 Å². The Balaban J connectivity index is 2.58. The third kappa shape index (κ3) is 5.39. The molecule has 0 unspecified atom stereocenters. The van der Waals surface area contributed by atoms with Gasteiger partial charge in [0.05, 0.1) is 0 Å². The number of carboxylic acid groups (broad SMARTS) is 1. The SMILES string of the molecule is CC[C@H](C)[C@H](NC(=O)CCc1cccc(N(C)C)c1)C(=O)O. The van der Waals surface area contributed by atoms with Crippen LogP contribution >= 0.6 is 0 Å². The molecule has 0 aliphatic heterocycles. The Morgan fingerprint density at radius 1 is 1.32 bits per heavy atom. The molecule has 1 aromatic carbocycles. The van der Waals surface area contributed by atoms with Crippen LogP contribution in [0, 0.1) is 5.92 Å². The second-order valence-corrected chi connectivity index (χ2v) is 5.83. The van der Waals surface area contributed by atoms with Gasteiger partial charge in [-0.1, -0.05) is 32.4 Å². The lowest BCUT2D eigenvalue weighted by Crippen LogP contribution is -2.45. The number of amides is 1. The van der Waals surface area contributed by atoms with Crippen molar-refractivity contribution in [3.05, 3.63) is 29.8 Å². The number of nitrogens with one attached hydrogen (secondary N) is 1. The van der Waals surface area contributed by atoms with Crippen molar-refractivity contribution in [2.75, 3.05) is 19.0 Å². The topological polar surface area (TPSA) is 69.6 Å². The Morgan fingerprint density at radius 3 is 2.55 bits per heavy atom. The van der Waals surface area contributed by atoms with Gasteiger partial charge in [-0.05, 0) is 30.0 Å². The van der Waals surface area contributed by atoms with Gasteiger partial charge in [0, 0.05) is 26.2 Å². The van der Waals surface area contributed by atoms with Crippen molar-refractivity contribution >= 4 is 17.6 Å². The number of carbonyl (C=O) groups is 2. The van der Waals surface area contributed by atoms with Crippen molar-refractivity contribution < 1.29 is 14.7 Å². The second kappa shape index (κ2) is 8.41. The Bertz CT molecular complexity index is 514. The molecule has 0 heterocycles. The van der Waals surface area contributed by atoms with E-state index >= 15 is 0 Å². The van der Waals surface area contributed by atoms with Crippen LogP contribution in [-0.4, -0.2) is 37.1 Å². The number of anilines is 1. The van der Waals surface area contributed by atoms with Crippen molar-refractivity contribution in [3.8, 4) is 0 Å². The number of rotatable bonds is 8. The predicted octanol–water partition coefficient (Wildman–Crippen LogP) is 2.30. The summed E-state index contributed by atoms with van der Waals surface area (Å²) in [6.45, 7) is 3.75. The number of nitrogens with zero attached hydrogens (tertiary/aromatic N) is 1. The Kier molecular flexibility index (Phi) is 6.89. The summed E-state index contributed by atoms with van der Waals surface area (Å²) in [4.78, 5) is 25.2. The number of benzene rings is 1. The summed E-state index contributed by atoms with van der Waals surface area (Å²) in [7, 11) is 3.94. The van der Waals surface area contributed by atoms with E-state index in [4.69, 9.17) is 0 Å². The van der Waals surface area contributed by atoms with E-state index in [-0.39, 0.29) is 18.2 Å². The van der Waals surface area contributed by atoms with E-state index in [1.54, 1.807) is 0 Å². The minimum Gasteiger partial charge on any atom is -0.480 e. The lowest BCUT2D eigenvalue weighted by molar-refractivity contribution is -0.143. The van der Waals surface area contributed by atoms with Gasteiger partial charge in [0.15, 0.2) is 0 Å². The van der Waals surface area contributed by atoms with Crippen molar-refractivity contribution in [3.63, 3.8) is 0 Å². The van der Waals surface area contributed by atoms with Crippen molar-refractivity contribution in [2.24, 2.45) is 5.92 Å². The first-order valence-corrected chi connectivity index (χ1v) is 7.63. The Morgan fingerprint density at radius 2 is 2.00 bits per heavy atom. The molecule has 5 nitrogen and oxygen atoms in total. The second-order valence-electron chi connectivity index (χ2n) is 5.83. The molecular weight excluding hydrogens is 280 g/mol. The summed E-state index contributed by atoms with van der Waals surface area (Å²) >= 11 is 0. The fourth-order valence-corrected chi connectivity index (χ4v) is 2.18. The number of carbonyl (C=O) groups excluding carboxylic acids is 1. The third-order valence-electron chi connectivity index (χ3n) is 3.86. The van der Waals surface area contributed by atoms with Crippen LogP contribution < -0.4 is 10.2 Å². The molecule has 1 amide bonds.